The number of rotatable bonds is 9. The average molecular weight is 370 g/mol. The van der Waals surface area contributed by atoms with Gasteiger partial charge in [0.2, 0.25) is 5.89 Å². The molecule has 1 unspecified atom stereocenters. The zero-order valence-electron chi connectivity index (χ0n) is 15.9. The number of benzene rings is 1. The van der Waals surface area contributed by atoms with Gasteiger partial charge in [0.05, 0.1) is 0 Å². The third-order valence-corrected chi connectivity index (χ3v) is 4.91. The maximum Gasteiger partial charge on any atom is 0.325 e. The minimum atomic E-state index is -1.03. The van der Waals surface area contributed by atoms with Gasteiger partial charge in [0, 0.05) is 6.42 Å². The molecule has 27 heavy (non-hydrogen) atoms. The normalized spacial score (nSPS) is 19.6. The Morgan fingerprint density at radius 1 is 1.11 bits per heavy atom. The average Bonchev–Trinajstić information content (AvgIpc) is 3.24. The molecule has 3 amide bonds. The predicted molar refractivity (Wildman–Crippen MR) is 99.6 cm³/mol. The van der Waals surface area contributed by atoms with Crippen LogP contribution in [-0.4, -0.2) is 27.0 Å². The van der Waals surface area contributed by atoms with E-state index in [1.165, 1.54) is 4.90 Å². The molecule has 144 valence electrons. The second-order valence-corrected chi connectivity index (χ2v) is 6.90. The standard InChI is InChI=1S/C20H26N4O3/c1-3-5-12-16-21-17(27-23-16)14-24-18(25)20(13-6-4-2,22-19(24)26)15-10-8-7-9-11-15/h7-11H,3-6,12-14H2,1-2H3,(H,22,26). The van der Waals surface area contributed by atoms with Crippen molar-refractivity contribution in [3.8, 4) is 0 Å². The fraction of sp³-hybridized carbons (Fsp3) is 0.500. The van der Waals surface area contributed by atoms with Crippen LogP contribution in [-0.2, 0) is 23.3 Å². The summed E-state index contributed by atoms with van der Waals surface area (Å²) in [6.45, 7) is 4.15. The lowest BCUT2D eigenvalue weighted by molar-refractivity contribution is -0.132. The lowest BCUT2D eigenvalue weighted by Crippen LogP contribution is -2.44. The van der Waals surface area contributed by atoms with Crippen LogP contribution in [0.1, 0.15) is 63.2 Å². The molecule has 1 aromatic carbocycles. The number of amides is 3. The van der Waals surface area contributed by atoms with E-state index < -0.39 is 11.6 Å². The van der Waals surface area contributed by atoms with Crippen LogP contribution in [0.25, 0.3) is 0 Å². The quantitative estimate of drug-likeness (QED) is 0.682. The minimum Gasteiger partial charge on any atom is -0.337 e. The molecule has 1 aromatic heterocycles. The number of aromatic nitrogens is 2. The molecule has 0 spiro atoms. The van der Waals surface area contributed by atoms with Gasteiger partial charge in [-0.15, -0.1) is 0 Å². The van der Waals surface area contributed by atoms with Crippen LogP contribution < -0.4 is 5.32 Å². The molecule has 2 aromatic rings. The van der Waals surface area contributed by atoms with E-state index in [4.69, 9.17) is 4.52 Å². The number of carbonyl (C=O) groups excluding carboxylic acids is 2. The summed E-state index contributed by atoms with van der Waals surface area (Å²) in [6.07, 6.45) is 5.05. The summed E-state index contributed by atoms with van der Waals surface area (Å²) in [5.41, 5.74) is -0.229. The predicted octanol–water partition coefficient (Wildman–Crippen LogP) is 3.55. The lowest BCUT2D eigenvalue weighted by atomic mass is 9.85. The second-order valence-electron chi connectivity index (χ2n) is 6.90. The summed E-state index contributed by atoms with van der Waals surface area (Å²) >= 11 is 0. The Kier molecular flexibility index (Phi) is 5.88. The highest BCUT2D eigenvalue weighted by Crippen LogP contribution is 2.34. The molecule has 1 atom stereocenters. The van der Waals surface area contributed by atoms with Gasteiger partial charge in [0.15, 0.2) is 5.82 Å². The Labute approximate surface area is 159 Å². The van der Waals surface area contributed by atoms with E-state index >= 15 is 0 Å². The summed E-state index contributed by atoms with van der Waals surface area (Å²) in [4.78, 5) is 31.4. The highest BCUT2D eigenvalue weighted by atomic mass is 16.5. The molecule has 7 nitrogen and oxygen atoms in total. The van der Waals surface area contributed by atoms with Crippen molar-refractivity contribution in [2.24, 2.45) is 0 Å². The van der Waals surface area contributed by atoms with E-state index in [-0.39, 0.29) is 18.3 Å². The SMILES string of the molecule is CCCCc1noc(CN2C(=O)NC(CCCC)(c3ccccc3)C2=O)n1. The van der Waals surface area contributed by atoms with Gasteiger partial charge in [-0.05, 0) is 18.4 Å². The van der Waals surface area contributed by atoms with E-state index in [1.807, 2.05) is 30.3 Å². The van der Waals surface area contributed by atoms with Gasteiger partial charge in [-0.2, -0.15) is 4.98 Å². The van der Waals surface area contributed by atoms with Gasteiger partial charge < -0.3 is 9.84 Å². The largest absolute Gasteiger partial charge is 0.337 e. The van der Waals surface area contributed by atoms with Gasteiger partial charge in [0.1, 0.15) is 12.1 Å². The number of urea groups is 1. The van der Waals surface area contributed by atoms with E-state index in [0.717, 1.165) is 37.7 Å². The second kappa shape index (κ2) is 8.33. The zero-order chi connectivity index (χ0) is 19.3. The molecular formula is C20H26N4O3. The minimum absolute atomic E-state index is 0.00942. The molecule has 1 N–H and O–H groups in total. The highest BCUT2D eigenvalue weighted by Gasteiger charge is 2.52. The summed E-state index contributed by atoms with van der Waals surface area (Å²) in [5.74, 6) is 0.628. The maximum absolute atomic E-state index is 13.3. The van der Waals surface area contributed by atoms with E-state index in [1.54, 1.807) is 0 Å². The van der Waals surface area contributed by atoms with Crippen molar-refractivity contribution in [1.82, 2.24) is 20.4 Å². The Balaban J connectivity index is 1.82. The first-order valence-electron chi connectivity index (χ1n) is 9.61. The number of hydrogen-bond acceptors (Lipinski definition) is 5. The number of hydrogen-bond donors (Lipinski definition) is 1. The molecule has 0 radical (unpaired) electrons. The number of nitrogens with one attached hydrogen (secondary N) is 1. The van der Waals surface area contributed by atoms with Crippen molar-refractivity contribution in [3.05, 3.63) is 47.6 Å². The van der Waals surface area contributed by atoms with E-state index in [9.17, 15) is 9.59 Å². The van der Waals surface area contributed by atoms with Crippen molar-refractivity contribution in [2.45, 2.75) is 64.5 Å². The van der Waals surface area contributed by atoms with Crippen molar-refractivity contribution in [2.75, 3.05) is 0 Å². The first-order valence-corrected chi connectivity index (χ1v) is 9.61. The molecule has 1 saturated heterocycles. The van der Waals surface area contributed by atoms with Crippen LogP contribution in [0.2, 0.25) is 0 Å². The van der Waals surface area contributed by atoms with E-state index in [0.29, 0.717) is 12.2 Å². The van der Waals surface area contributed by atoms with Crippen LogP contribution in [0.5, 0.6) is 0 Å². The first-order chi connectivity index (χ1) is 13.1. The van der Waals surface area contributed by atoms with Gasteiger partial charge in [-0.1, -0.05) is 68.6 Å². The van der Waals surface area contributed by atoms with Crippen LogP contribution in [0, 0.1) is 0 Å². The van der Waals surface area contributed by atoms with Crippen molar-refractivity contribution in [3.63, 3.8) is 0 Å². The number of aryl methyl sites for hydroxylation is 1. The van der Waals surface area contributed by atoms with E-state index in [2.05, 4.69) is 29.3 Å². The lowest BCUT2D eigenvalue weighted by Gasteiger charge is -2.27. The Morgan fingerprint density at radius 2 is 1.85 bits per heavy atom. The molecule has 0 aliphatic carbocycles. The van der Waals surface area contributed by atoms with Gasteiger partial charge in [0.25, 0.3) is 5.91 Å². The summed E-state index contributed by atoms with van der Waals surface area (Å²) in [7, 11) is 0. The zero-order valence-corrected chi connectivity index (χ0v) is 15.9. The summed E-state index contributed by atoms with van der Waals surface area (Å²) < 4.78 is 5.24. The number of nitrogens with zero attached hydrogens (tertiary/aromatic N) is 3. The fourth-order valence-corrected chi connectivity index (χ4v) is 3.37. The van der Waals surface area contributed by atoms with Crippen molar-refractivity contribution in [1.29, 1.82) is 0 Å². The molecule has 1 aliphatic rings. The van der Waals surface area contributed by atoms with Crippen LogP contribution in [0.15, 0.2) is 34.9 Å². The molecule has 0 bridgehead atoms. The molecule has 1 fully saturated rings. The van der Waals surface area contributed by atoms with Crippen LogP contribution in [0.4, 0.5) is 4.79 Å². The van der Waals surface area contributed by atoms with Crippen LogP contribution in [0.3, 0.4) is 0 Å². The topological polar surface area (TPSA) is 88.3 Å². The fourth-order valence-electron chi connectivity index (χ4n) is 3.37. The van der Waals surface area contributed by atoms with Gasteiger partial charge >= 0.3 is 6.03 Å². The monoisotopic (exact) mass is 370 g/mol. The van der Waals surface area contributed by atoms with Gasteiger partial charge in [-0.3, -0.25) is 9.69 Å². The number of carbonyl (C=O) groups is 2. The highest BCUT2D eigenvalue weighted by molar-refractivity contribution is 6.07. The number of imide groups is 1. The van der Waals surface area contributed by atoms with Crippen molar-refractivity contribution < 1.29 is 14.1 Å². The maximum atomic E-state index is 13.3. The van der Waals surface area contributed by atoms with Crippen molar-refractivity contribution >= 4 is 11.9 Å². The first kappa shape index (κ1) is 19.1. The molecule has 1 aliphatic heterocycles. The van der Waals surface area contributed by atoms with Gasteiger partial charge in [-0.25, -0.2) is 4.79 Å². The Hall–Kier alpha value is -2.70. The molecular weight excluding hydrogens is 344 g/mol. The summed E-state index contributed by atoms with van der Waals surface area (Å²) in [5, 5.41) is 6.86. The molecule has 7 heteroatoms. The Morgan fingerprint density at radius 3 is 2.56 bits per heavy atom. The summed E-state index contributed by atoms with van der Waals surface area (Å²) in [6, 6.07) is 8.99. The third kappa shape index (κ3) is 3.86. The molecule has 0 saturated carbocycles. The Bertz CT molecular complexity index is 790. The number of unbranched alkanes of at least 4 members (excludes halogenated alkanes) is 2. The van der Waals surface area contributed by atoms with Crippen LogP contribution >= 0.6 is 0 Å². The third-order valence-electron chi connectivity index (χ3n) is 4.91. The molecule has 2 heterocycles. The molecule has 3 rings (SSSR count). The smallest absolute Gasteiger partial charge is 0.325 e.